The zero-order chi connectivity index (χ0) is 16.5. The summed E-state index contributed by atoms with van der Waals surface area (Å²) in [6, 6.07) is 0. The van der Waals surface area contributed by atoms with Crippen LogP contribution in [0.3, 0.4) is 0 Å². The normalized spacial score (nSPS) is 13.1. The summed E-state index contributed by atoms with van der Waals surface area (Å²) in [6.07, 6.45) is 0. The van der Waals surface area contributed by atoms with E-state index in [0.717, 1.165) is 0 Å². The fourth-order valence-electron chi connectivity index (χ4n) is 3.79. The Hall–Kier alpha value is 0.892. The van der Waals surface area contributed by atoms with Gasteiger partial charge in [0.05, 0.1) is 0 Å². The van der Waals surface area contributed by atoms with Gasteiger partial charge in [-0.05, 0) is 0 Å². The van der Waals surface area contributed by atoms with E-state index >= 15 is 0 Å². The molecule has 0 atom stereocenters. The molecule has 0 aliphatic carbocycles. The van der Waals surface area contributed by atoms with E-state index in [-0.39, 0.29) is 0 Å². The van der Waals surface area contributed by atoms with Crippen LogP contribution in [0.1, 0.15) is 55.4 Å². The van der Waals surface area contributed by atoms with Gasteiger partial charge in [-0.3, -0.25) is 0 Å². The first-order chi connectivity index (χ1) is 10.1. The first-order valence-corrected chi connectivity index (χ1v) is 16.5. The molecule has 0 aliphatic rings. The van der Waals surface area contributed by atoms with Gasteiger partial charge < -0.3 is 0 Å². The molecule has 0 bridgehead atoms. The van der Waals surface area contributed by atoms with E-state index in [9.17, 15) is 0 Å². The van der Waals surface area contributed by atoms with E-state index in [1.54, 1.807) is 0 Å². The Bertz CT molecular complexity index is 193. The fraction of sp³-hybridized carbons (Fsp3) is 1.00. The van der Waals surface area contributed by atoms with Crippen LogP contribution in [0.15, 0.2) is 0 Å². The van der Waals surface area contributed by atoms with Crippen molar-refractivity contribution in [1.82, 2.24) is 8.94 Å². The standard InChI is InChI=1S/4C4H10N.U/c4*1-3-5-4-2;/h4*3-4H2,1-2H3;/q4*-1;+4. The van der Waals surface area contributed by atoms with E-state index in [0.29, 0.717) is 0 Å². The van der Waals surface area contributed by atoms with E-state index in [2.05, 4.69) is 64.3 Å². The molecule has 0 rings (SSSR count). The van der Waals surface area contributed by atoms with Crippen molar-refractivity contribution in [2.45, 2.75) is 55.4 Å². The second-order valence-corrected chi connectivity index (χ2v) is 20.8. The molecule has 0 radical (unpaired) electrons. The quantitative estimate of drug-likeness (QED) is 0.388. The number of nitrogens with zero attached hydrogens (tertiary/aromatic N) is 4. The van der Waals surface area contributed by atoms with Gasteiger partial charge in [0.25, 0.3) is 0 Å². The number of hydrogen-bond acceptors (Lipinski definition) is 4. The van der Waals surface area contributed by atoms with Gasteiger partial charge >= 0.3 is 142 Å². The van der Waals surface area contributed by atoms with Crippen LogP contribution in [-0.4, -0.2) is 61.3 Å². The van der Waals surface area contributed by atoms with Crippen LogP contribution in [0.5, 0.6) is 0 Å². The van der Waals surface area contributed by atoms with Crippen molar-refractivity contribution in [1.29, 1.82) is 0 Å². The summed E-state index contributed by atoms with van der Waals surface area (Å²) in [5.74, 6) is 0. The zero-order valence-corrected chi connectivity index (χ0v) is 20.1. The minimum absolute atomic E-state index is 1.17. The third-order valence-electron chi connectivity index (χ3n) is 4.75. The van der Waals surface area contributed by atoms with E-state index in [1.807, 2.05) is 0 Å². The molecule has 0 spiro atoms. The Labute approximate surface area is 142 Å². The van der Waals surface area contributed by atoms with Crippen LogP contribution in [-0.2, 0) is 0 Å². The average molecular weight is 527 g/mol. The van der Waals surface area contributed by atoms with Gasteiger partial charge in [0.2, 0.25) is 0 Å². The molecule has 0 amide bonds. The molecule has 0 aliphatic heterocycles. The second-order valence-electron chi connectivity index (χ2n) is 5.29. The summed E-state index contributed by atoms with van der Waals surface area (Å²) >= 11 is -3.21. The molecule has 5 heteroatoms. The SMILES string of the molecule is CC[N](CC)[U]([N](CC)CC)([N](CC)CC)[N](CC)CC. The minimum atomic E-state index is -3.21. The van der Waals surface area contributed by atoms with Crippen molar-refractivity contribution in [3.8, 4) is 0 Å². The van der Waals surface area contributed by atoms with Crippen LogP contribution in [0.4, 0.5) is 0 Å². The van der Waals surface area contributed by atoms with Crippen molar-refractivity contribution >= 4 is 0 Å². The zero-order valence-electron chi connectivity index (χ0n) is 15.9. The molecule has 0 aromatic heterocycles. The summed E-state index contributed by atoms with van der Waals surface area (Å²) in [6.45, 7) is 28.1. The summed E-state index contributed by atoms with van der Waals surface area (Å²) < 4.78 is 11.4. The van der Waals surface area contributed by atoms with Crippen LogP contribution >= 0.6 is 0 Å². The van der Waals surface area contributed by atoms with Crippen molar-refractivity contribution in [3.63, 3.8) is 0 Å². The van der Waals surface area contributed by atoms with E-state index < -0.39 is 25.7 Å². The molecule has 0 fully saturated rings. The Kier molecular flexibility index (Phi) is 11.9. The van der Waals surface area contributed by atoms with Gasteiger partial charge in [-0.1, -0.05) is 0 Å². The summed E-state index contributed by atoms with van der Waals surface area (Å²) in [5.41, 5.74) is 0. The van der Waals surface area contributed by atoms with Gasteiger partial charge in [-0.15, -0.1) is 0 Å². The molecule has 0 unspecified atom stereocenters. The molecule has 128 valence electrons. The van der Waals surface area contributed by atoms with Crippen LogP contribution in [0.2, 0.25) is 0 Å². The molecule has 0 aromatic rings. The molecule has 0 saturated carbocycles. The van der Waals surface area contributed by atoms with Crippen molar-refractivity contribution in [3.05, 3.63) is 0 Å². The molecule has 0 heterocycles. The van der Waals surface area contributed by atoms with Crippen LogP contribution < -0.4 is 0 Å². The molecular weight excluding hydrogens is 486 g/mol. The Balaban J connectivity index is 6.15. The Morgan fingerprint density at radius 2 is 0.524 bits per heavy atom. The second kappa shape index (κ2) is 11.4. The van der Waals surface area contributed by atoms with E-state index in [4.69, 9.17) is 0 Å². The van der Waals surface area contributed by atoms with Crippen molar-refractivity contribution in [2.24, 2.45) is 0 Å². The monoisotopic (exact) mass is 526 g/mol. The maximum absolute atomic E-state index is 3.21. The number of hydrogen-bond donors (Lipinski definition) is 0. The third kappa shape index (κ3) is 4.46. The Morgan fingerprint density at radius 3 is 0.619 bits per heavy atom. The van der Waals surface area contributed by atoms with Crippen molar-refractivity contribution in [2.75, 3.05) is 52.4 Å². The fourth-order valence-corrected chi connectivity index (χ4v) is 27.9. The predicted molar refractivity (Wildman–Crippen MR) is 91.7 cm³/mol. The first kappa shape index (κ1) is 21.9. The maximum atomic E-state index is 2.85. The molecule has 0 N–H and O–H groups in total. The van der Waals surface area contributed by atoms with E-state index in [1.165, 1.54) is 52.4 Å². The van der Waals surface area contributed by atoms with Crippen LogP contribution in [0.25, 0.3) is 0 Å². The molecular formula is C16H40N4U. The summed E-state index contributed by atoms with van der Waals surface area (Å²) in [4.78, 5) is 0. The summed E-state index contributed by atoms with van der Waals surface area (Å²) in [5, 5.41) is 0. The van der Waals surface area contributed by atoms with Gasteiger partial charge in [-0.25, -0.2) is 0 Å². The topological polar surface area (TPSA) is 13.0 Å². The van der Waals surface area contributed by atoms with Crippen molar-refractivity contribution < 1.29 is 25.7 Å². The molecule has 4 nitrogen and oxygen atoms in total. The van der Waals surface area contributed by atoms with Gasteiger partial charge in [-0.2, -0.15) is 0 Å². The van der Waals surface area contributed by atoms with Gasteiger partial charge in [0, 0.05) is 0 Å². The average Bonchev–Trinajstić information content (AvgIpc) is 2.51. The molecule has 0 aromatic carbocycles. The Morgan fingerprint density at radius 1 is 0.381 bits per heavy atom. The number of rotatable bonds is 12. The van der Waals surface area contributed by atoms with Gasteiger partial charge in [0.15, 0.2) is 0 Å². The van der Waals surface area contributed by atoms with Crippen LogP contribution in [0, 0.1) is 25.7 Å². The summed E-state index contributed by atoms with van der Waals surface area (Å²) in [7, 11) is 0. The molecule has 21 heavy (non-hydrogen) atoms. The molecule has 0 saturated heterocycles. The van der Waals surface area contributed by atoms with Gasteiger partial charge in [0.1, 0.15) is 0 Å². The first-order valence-electron chi connectivity index (χ1n) is 9.08. The third-order valence-corrected chi connectivity index (χ3v) is 29.4. The predicted octanol–water partition coefficient (Wildman–Crippen LogP) is 3.17.